The van der Waals surface area contributed by atoms with Crippen molar-refractivity contribution >= 4 is 29.7 Å². The topological polar surface area (TPSA) is 114 Å². The SMILES string of the molecule is Cc1cc(N2CCC(O)(CN3CCCC3)CC2)nc2ccccc12.O=CO.O=CO. The van der Waals surface area contributed by atoms with E-state index < -0.39 is 5.60 Å². The monoisotopic (exact) mass is 417 g/mol. The summed E-state index contributed by atoms with van der Waals surface area (Å²) in [5.41, 5.74) is 1.81. The highest BCUT2D eigenvalue weighted by atomic mass is 16.3. The lowest BCUT2D eigenvalue weighted by Gasteiger charge is -2.40. The molecule has 0 unspecified atom stereocenters. The zero-order valence-electron chi connectivity index (χ0n) is 17.4. The summed E-state index contributed by atoms with van der Waals surface area (Å²) in [5.74, 6) is 1.05. The van der Waals surface area contributed by atoms with Crippen molar-refractivity contribution in [3.05, 3.63) is 35.9 Å². The second-order valence-corrected chi connectivity index (χ2v) is 7.72. The number of hydrogen-bond acceptors (Lipinski definition) is 6. The molecule has 164 valence electrons. The van der Waals surface area contributed by atoms with Gasteiger partial charge < -0.3 is 25.1 Å². The highest BCUT2D eigenvalue weighted by molar-refractivity contribution is 5.83. The molecule has 0 radical (unpaired) electrons. The van der Waals surface area contributed by atoms with Crippen molar-refractivity contribution in [1.29, 1.82) is 0 Å². The van der Waals surface area contributed by atoms with Gasteiger partial charge in [0, 0.05) is 25.0 Å². The molecule has 0 bridgehead atoms. The van der Waals surface area contributed by atoms with E-state index in [1.807, 2.05) is 6.07 Å². The van der Waals surface area contributed by atoms with Crippen LogP contribution in [0.1, 0.15) is 31.2 Å². The first-order valence-corrected chi connectivity index (χ1v) is 10.2. The van der Waals surface area contributed by atoms with E-state index in [1.165, 1.54) is 23.8 Å². The number of pyridine rings is 1. The molecular formula is C22H31N3O5. The lowest BCUT2D eigenvalue weighted by atomic mass is 9.90. The van der Waals surface area contributed by atoms with Gasteiger partial charge >= 0.3 is 0 Å². The molecule has 2 aromatic rings. The molecule has 0 aliphatic carbocycles. The van der Waals surface area contributed by atoms with Crippen molar-refractivity contribution in [1.82, 2.24) is 9.88 Å². The molecule has 8 heteroatoms. The number of aliphatic hydroxyl groups is 1. The van der Waals surface area contributed by atoms with Gasteiger partial charge in [0.1, 0.15) is 5.82 Å². The smallest absolute Gasteiger partial charge is 0.290 e. The molecule has 2 aliphatic rings. The van der Waals surface area contributed by atoms with Gasteiger partial charge in [-0.05, 0) is 63.4 Å². The van der Waals surface area contributed by atoms with E-state index in [-0.39, 0.29) is 12.9 Å². The van der Waals surface area contributed by atoms with Gasteiger partial charge in [0.25, 0.3) is 12.9 Å². The number of aryl methyl sites for hydroxylation is 1. The van der Waals surface area contributed by atoms with Crippen molar-refractivity contribution < 1.29 is 24.9 Å². The lowest BCUT2D eigenvalue weighted by Crippen LogP contribution is -2.50. The Morgan fingerprint density at radius 2 is 1.60 bits per heavy atom. The average molecular weight is 418 g/mol. The molecule has 2 fully saturated rings. The van der Waals surface area contributed by atoms with Crippen molar-refractivity contribution in [2.24, 2.45) is 0 Å². The minimum Gasteiger partial charge on any atom is -0.483 e. The number of hydrogen-bond donors (Lipinski definition) is 3. The van der Waals surface area contributed by atoms with Crippen LogP contribution in [0.2, 0.25) is 0 Å². The first-order chi connectivity index (χ1) is 14.5. The van der Waals surface area contributed by atoms with Crippen LogP contribution in [0.25, 0.3) is 10.9 Å². The molecule has 2 aliphatic heterocycles. The fourth-order valence-electron chi connectivity index (χ4n) is 4.16. The first-order valence-electron chi connectivity index (χ1n) is 10.2. The Morgan fingerprint density at radius 1 is 1.03 bits per heavy atom. The molecule has 3 N–H and O–H groups in total. The molecule has 1 aromatic heterocycles. The molecule has 2 saturated heterocycles. The van der Waals surface area contributed by atoms with Crippen LogP contribution in [0, 0.1) is 6.92 Å². The fourth-order valence-corrected chi connectivity index (χ4v) is 4.16. The number of benzene rings is 1. The highest BCUT2D eigenvalue weighted by Crippen LogP contribution is 2.29. The zero-order chi connectivity index (χ0) is 22.0. The third kappa shape index (κ3) is 6.40. The van der Waals surface area contributed by atoms with E-state index in [9.17, 15) is 5.11 Å². The van der Waals surface area contributed by atoms with E-state index in [1.54, 1.807) is 0 Å². The van der Waals surface area contributed by atoms with Crippen molar-refractivity contribution in [3.63, 3.8) is 0 Å². The number of likely N-dealkylation sites (tertiary alicyclic amines) is 1. The van der Waals surface area contributed by atoms with Crippen LogP contribution in [0.3, 0.4) is 0 Å². The van der Waals surface area contributed by atoms with Crippen LogP contribution in [0.15, 0.2) is 30.3 Å². The Kier molecular flexibility index (Phi) is 9.01. The highest BCUT2D eigenvalue weighted by Gasteiger charge is 2.35. The second-order valence-electron chi connectivity index (χ2n) is 7.72. The van der Waals surface area contributed by atoms with Crippen LogP contribution in [0.5, 0.6) is 0 Å². The fraction of sp³-hybridized carbons (Fsp3) is 0.500. The van der Waals surface area contributed by atoms with E-state index in [0.717, 1.165) is 56.9 Å². The van der Waals surface area contributed by atoms with Gasteiger partial charge in [-0.3, -0.25) is 9.59 Å². The summed E-state index contributed by atoms with van der Waals surface area (Å²) in [7, 11) is 0. The predicted molar refractivity (Wildman–Crippen MR) is 116 cm³/mol. The van der Waals surface area contributed by atoms with E-state index in [0.29, 0.717) is 0 Å². The number of aromatic nitrogens is 1. The van der Waals surface area contributed by atoms with Crippen molar-refractivity contribution in [3.8, 4) is 0 Å². The quantitative estimate of drug-likeness (QED) is 0.652. The van der Waals surface area contributed by atoms with Gasteiger partial charge in [-0.25, -0.2) is 4.98 Å². The van der Waals surface area contributed by atoms with Gasteiger partial charge in [0.05, 0.1) is 11.1 Å². The van der Waals surface area contributed by atoms with Gasteiger partial charge in [-0.15, -0.1) is 0 Å². The Hall–Kier alpha value is -2.71. The number of rotatable bonds is 3. The molecule has 8 nitrogen and oxygen atoms in total. The molecule has 0 amide bonds. The summed E-state index contributed by atoms with van der Waals surface area (Å²) >= 11 is 0. The third-order valence-electron chi connectivity index (χ3n) is 5.64. The Balaban J connectivity index is 0.000000480. The van der Waals surface area contributed by atoms with Gasteiger partial charge in [-0.2, -0.15) is 0 Å². The predicted octanol–water partition coefficient (Wildman–Crippen LogP) is 2.37. The van der Waals surface area contributed by atoms with Crippen LogP contribution in [-0.4, -0.2) is 76.5 Å². The summed E-state index contributed by atoms with van der Waals surface area (Å²) in [6.07, 6.45) is 4.22. The normalized spacial score (nSPS) is 18.0. The average Bonchev–Trinajstić information content (AvgIpc) is 3.22. The molecule has 1 aromatic carbocycles. The van der Waals surface area contributed by atoms with E-state index in [4.69, 9.17) is 24.8 Å². The first kappa shape index (κ1) is 23.6. The summed E-state index contributed by atoms with van der Waals surface area (Å²) in [6, 6.07) is 10.5. The van der Waals surface area contributed by atoms with Crippen LogP contribution in [-0.2, 0) is 9.59 Å². The summed E-state index contributed by atoms with van der Waals surface area (Å²) in [5, 5.41) is 25.9. The number of carbonyl (C=O) groups is 2. The minimum absolute atomic E-state index is 0.250. The maximum Gasteiger partial charge on any atom is 0.290 e. The van der Waals surface area contributed by atoms with Crippen molar-refractivity contribution in [2.75, 3.05) is 37.6 Å². The summed E-state index contributed by atoms with van der Waals surface area (Å²) in [4.78, 5) is 26.3. The van der Waals surface area contributed by atoms with E-state index >= 15 is 0 Å². The molecule has 0 saturated carbocycles. The summed E-state index contributed by atoms with van der Waals surface area (Å²) in [6.45, 7) is 6.56. The number of anilines is 1. The standard InChI is InChI=1S/C20H27N3O.2CH2O2/c1-16-14-19(21-18-7-3-2-6-17(16)18)23-12-8-20(24,9-13-23)15-22-10-4-5-11-22;2*2-1-3/h2-3,6-7,14,24H,4-5,8-13,15H2,1H3;2*1H,(H,2,3). The Morgan fingerprint density at radius 3 is 2.20 bits per heavy atom. The van der Waals surface area contributed by atoms with Crippen LogP contribution >= 0.6 is 0 Å². The molecule has 3 heterocycles. The van der Waals surface area contributed by atoms with Gasteiger partial charge in [0.15, 0.2) is 0 Å². The Bertz CT molecular complexity index is 810. The largest absolute Gasteiger partial charge is 0.483 e. The van der Waals surface area contributed by atoms with E-state index in [2.05, 4.69) is 41.0 Å². The number of para-hydroxylation sites is 1. The minimum atomic E-state index is -0.521. The second kappa shape index (κ2) is 11.5. The molecule has 0 spiro atoms. The number of carboxylic acid groups (broad SMARTS) is 2. The zero-order valence-corrected chi connectivity index (χ0v) is 17.4. The van der Waals surface area contributed by atoms with Crippen LogP contribution < -0.4 is 4.90 Å². The Labute approximate surface area is 176 Å². The number of β-amino-alcohol motifs (C(OH)–C–C–N with tert-alkyl or cyclic N) is 1. The van der Waals surface area contributed by atoms with Crippen molar-refractivity contribution in [2.45, 2.75) is 38.2 Å². The molecule has 0 atom stereocenters. The number of piperidine rings is 1. The lowest BCUT2D eigenvalue weighted by molar-refractivity contribution is -0.123. The van der Waals surface area contributed by atoms with Gasteiger partial charge in [-0.1, -0.05) is 18.2 Å². The van der Waals surface area contributed by atoms with Gasteiger partial charge in [0.2, 0.25) is 0 Å². The maximum atomic E-state index is 10.9. The maximum absolute atomic E-state index is 10.9. The molecule has 30 heavy (non-hydrogen) atoms. The molecule has 4 rings (SSSR count). The number of nitrogens with zero attached hydrogens (tertiary/aromatic N) is 3. The summed E-state index contributed by atoms with van der Waals surface area (Å²) < 4.78 is 0. The van der Waals surface area contributed by atoms with Crippen LogP contribution in [0.4, 0.5) is 5.82 Å². The molecular weight excluding hydrogens is 386 g/mol. The third-order valence-corrected chi connectivity index (χ3v) is 5.64. The number of fused-ring (bicyclic) bond motifs is 1.